The number of aryl methyl sites for hydroxylation is 1. The number of hydrogen-bond acceptors (Lipinski definition) is 2. The summed E-state index contributed by atoms with van der Waals surface area (Å²) in [4.78, 5) is 12.2. The Hall–Kier alpha value is -1.29. The number of carbonyl (C=O) groups excluding carboxylic acids is 1. The van der Waals surface area contributed by atoms with Crippen molar-refractivity contribution in [1.29, 1.82) is 0 Å². The zero-order valence-electron chi connectivity index (χ0n) is 12.0. The molecule has 0 saturated carbocycles. The molecule has 0 aromatic carbocycles. The van der Waals surface area contributed by atoms with E-state index in [1.807, 2.05) is 22.9 Å². The Morgan fingerprint density at radius 1 is 1.47 bits per heavy atom. The van der Waals surface area contributed by atoms with E-state index in [1.165, 1.54) is 0 Å². The minimum Gasteiger partial charge on any atom is -0.350 e. The molecule has 1 fully saturated rings. The first-order chi connectivity index (χ1) is 9.14. The lowest BCUT2D eigenvalue weighted by molar-refractivity contribution is 0.0913. The van der Waals surface area contributed by atoms with Crippen molar-refractivity contribution in [2.45, 2.75) is 39.7 Å². The molecule has 1 aliphatic heterocycles. The molecule has 1 saturated heterocycles. The molecule has 19 heavy (non-hydrogen) atoms. The molecule has 1 aromatic rings. The van der Waals surface area contributed by atoms with Crippen LogP contribution in [-0.4, -0.2) is 30.1 Å². The topological polar surface area (TPSA) is 46.1 Å². The zero-order valence-corrected chi connectivity index (χ0v) is 12.0. The summed E-state index contributed by atoms with van der Waals surface area (Å²) in [7, 11) is 0. The van der Waals surface area contributed by atoms with Crippen molar-refractivity contribution >= 4 is 5.91 Å². The lowest BCUT2D eigenvalue weighted by Crippen LogP contribution is -2.43. The van der Waals surface area contributed by atoms with Gasteiger partial charge in [-0.2, -0.15) is 0 Å². The van der Waals surface area contributed by atoms with E-state index in [1.54, 1.807) is 0 Å². The maximum Gasteiger partial charge on any atom is 0.267 e. The van der Waals surface area contributed by atoms with Gasteiger partial charge in [0.2, 0.25) is 0 Å². The van der Waals surface area contributed by atoms with Crippen LogP contribution in [0.2, 0.25) is 0 Å². The second-order valence-electron chi connectivity index (χ2n) is 5.83. The van der Waals surface area contributed by atoms with Gasteiger partial charge in [-0.15, -0.1) is 0 Å². The first-order valence-corrected chi connectivity index (χ1v) is 7.29. The second-order valence-corrected chi connectivity index (χ2v) is 5.83. The van der Waals surface area contributed by atoms with Crippen molar-refractivity contribution in [3.8, 4) is 0 Å². The van der Waals surface area contributed by atoms with Gasteiger partial charge in [0.15, 0.2) is 0 Å². The third-order valence-corrected chi connectivity index (χ3v) is 4.01. The Bertz CT molecular complexity index is 419. The lowest BCUT2D eigenvalue weighted by Gasteiger charge is -2.34. The molecular weight excluding hydrogens is 238 g/mol. The van der Waals surface area contributed by atoms with Crippen LogP contribution in [-0.2, 0) is 6.54 Å². The normalized spacial score (nSPS) is 18.2. The number of rotatable bonds is 5. The highest BCUT2D eigenvalue weighted by molar-refractivity contribution is 5.92. The van der Waals surface area contributed by atoms with Gasteiger partial charge in [0, 0.05) is 19.3 Å². The van der Waals surface area contributed by atoms with Crippen LogP contribution < -0.4 is 10.6 Å². The summed E-state index contributed by atoms with van der Waals surface area (Å²) in [5.74, 6) is 0.0539. The third-order valence-electron chi connectivity index (χ3n) is 4.01. The van der Waals surface area contributed by atoms with Crippen LogP contribution in [0.15, 0.2) is 18.3 Å². The summed E-state index contributed by atoms with van der Waals surface area (Å²) in [5, 5.41) is 6.47. The maximum absolute atomic E-state index is 12.2. The SMILES string of the molecule is CCCn1cccc1C(=O)NCC1(C)CCNCC1. The van der Waals surface area contributed by atoms with Gasteiger partial charge < -0.3 is 15.2 Å². The molecule has 0 spiro atoms. The van der Waals surface area contributed by atoms with Gasteiger partial charge in [-0.3, -0.25) is 4.79 Å². The molecular formula is C15H25N3O. The number of nitrogens with zero attached hydrogens (tertiary/aromatic N) is 1. The molecule has 1 amide bonds. The largest absolute Gasteiger partial charge is 0.350 e. The molecule has 2 rings (SSSR count). The summed E-state index contributed by atoms with van der Waals surface area (Å²) >= 11 is 0. The van der Waals surface area contributed by atoms with Gasteiger partial charge in [-0.05, 0) is 49.9 Å². The fourth-order valence-corrected chi connectivity index (χ4v) is 2.65. The fraction of sp³-hybridized carbons (Fsp3) is 0.667. The van der Waals surface area contributed by atoms with Gasteiger partial charge in [-0.1, -0.05) is 13.8 Å². The lowest BCUT2D eigenvalue weighted by atomic mass is 9.81. The Morgan fingerprint density at radius 2 is 2.21 bits per heavy atom. The molecule has 106 valence electrons. The van der Waals surface area contributed by atoms with Crippen LogP contribution in [0.4, 0.5) is 0 Å². The molecule has 4 heteroatoms. The monoisotopic (exact) mass is 263 g/mol. The molecule has 2 heterocycles. The number of amides is 1. The van der Waals surface area contributed by atoms with E-state index in [-0.39, 0.29) is 11.3 Å². The Morgan fingerprint density at radius 3 is 2.89 bits per heavy atom. The molecule has 0 aliphatic carbocycles. The summed E-state index contributed by atoms with van der Waals surface area (Å²) < 4.78 is 2.03. The van der Waals surface area contributed by atoms with Gasteiger partial charge >= 0.3 is 0 Å². The summed E-state index contributed by atoms with van der Waals surface area (Å²) in [5.41, 5.74) is 1.02. The van der Waals surface area contributed by atoms with Crippen LogP contribution in [0.5, 0.6) is 0 Å². The van der Waals surface area contributed by atoms with Crippen LogP contribution in [0, 0.1) is 5.41 Å². The van der Waals surface area contributed by atoms with E-state index in [9.17, 15) is 4.79 Å². The molecule has 1 aromatic heterocycles. The quantitative estimate of drug-likeness (QED) is 0.853. The maximum atomic E-state index is 12.2. The van der Waals surface area contributed by atoms with Gasteiger partial charge in [0.1, 0.15) is 5.69 Å². The summed E-state index contributed by atoms with van der Waals surface area (Å²) in [6.45, 7) is 8.16. The van der Waals surface area contributed by atoms with E-state index in [0.29, 0.717) is 0 Å². The van der Waals surface area contributed by atoms with Gasteiger partial charge in [0.05, 0.1) is 0 Å². The van der Waals surface area contributed by atoms with Crippen molar-refractivity contribution < 1.29 is 4.79 Å². The van der Waals surface area contributed by atoms with E-state index in [2.05, 4.69) is 24.5 Å². The van der Waals surface area contributed by atoms with Gasteiger partial charge in [-0.25, -0.2) is 0 Å². The number of carbonyl (C=O) groups is 1. The molecule has 0 bridgehead atoms. The van der Waals surface area contributed by atoms with Crippen molar-refractivity contribution in [2.75, 3.05) is 19.6 Å². The molecule has 4 nitrogen and oxygen atoms in total. The number of hydrogen-bond donors (Lipinski definition) is 2. The van der Waals surface area contributed by atoms with Crippen molar-refractivity contribution in [3.05, 3.63) is 24.0 Å². The minimum absolute atomic E-state index is 0.0539. The molecule has 1 aliphatic rings. The minimum atomic E-state index is 0.0539. The zero-order chi connectivity index (χ0) is 13.7. The van der Waals surface area contributed by atoms with E-state index in [0.717, 1.165) is 51.1 Å². The van der Waals surface area contributed by atoms with Crippen LogP contribution in [0.1, 0.15) is 43.6 Å². The van der Waals surface area contributed by atoms with Crippen LogP contribution in [0.3, 0.4) is 0 Å². The van der Waals surface area contributed by atoms with E-state index < -0.39 is 0 Å². The predicted molar refractivity (Wildman–Crippen MR) is 77.3 cm³/mol. The Labute approximate surface area is 115 Å². The van der Waals surface area contributed by atoms with Crippen LogP contribution in [0.25, 0.3) is 0 Å². The number of aromatic nitrogens is 1. The molecule has 0 radical (unpaired) electrons. The number of piperidine rings is 1. The average molecular weight is 263 g/mol. The van der Waals surface area contributed by atoms with E-state index >= 15 is 0 Å². The smallest absolute Gasteiger partial charge is 0.267 e. The standard InChI is InChI=1S/C15H25N3O/c1-3-10-18-11-4-5-13(18)14(19)17-12-15(2)6-8-16-9-7-15/h4-5,11,16H,3,6-10,12H2,1-2H3,(H,17,19). The first-order valence-electron chi connectivity index (χ1n) is 7.29. The summed E-state index contributed by atoms with van der Waals surface area (Å²) in [6.07, 6.45) is 5.27. The van der Waals surface area contributed by atoms with Crippen molar-refractivity contribution in [2.24, 2.45) is 5.41 Å². The van der Waals surface area contributed by atoms with Crippen molar-refractivity contribution in [3.63, 3.8) is 0 Å². The highest BCUT2D eigenvalue weighted by Crippen LogP contribution is 2.26. The molecule has 0 atom stereocenters. The average Bonchev–Trinajstić information content (AvgIpc) is 2.86. The fourth-order valence-electron chi connectivity index (χ4n) is 2.65. The van der Waals surface area contributed by atoms with Crippen LogP contribution >= 0.6 is 0 Å². The molecule has 0 unspecified atom stereocenters. The second kappa shape index (κ2) is 6.24. The molecule has 2 N–H and O–H groups in total. The highest BCUT2D eigenvalue weighted by atomic mass is 16.1. The Balaban J connectivity index is 1.91. The first kappa shape index (κ1) is 14.1. The third kappa shape index (κ3) is 3.60. The van der Waals surface area contributed by atoms with E-state index in [4.69, 9.17) is 0 Å². The number of nitrogens with one attached hydrogen (secondary N) is 2. The van der Waals surface area contributed by atoms with Crippen molar-refractivity contribution in [1.82, 2.24) is 15.2 Å². The van der Waals surface area contributed by atoms with Gasteiger partial charge in [0.25, 0.3) is 5.91 Å². The summed E-state index contributed by atoms with van der Waals surface area (Å²) in [6, 6.07) is 3.84. The Kier molecular flexibility index (Phi) is 4.64. The highest BCUT2D eigenvalue weighted by Gasteiger charge is 2.27. The predicted octanol–water partition coefficient (Wildman–Crippen LogP) is 2.02.